The summed E-state index contributed by atoms with van der Waals surface area (Å²) >= 11 is 3.43. The summed E-state index contributed by atoms with van der Waals surface area (Å²) in [6.45, 7) is 3.45. The summed E-state index contributed by atoms with van der Waals surface area (Å²) in [6, 6.07) is 12.0. The number of nitrogens with zero attached hydrogens (tertiary/aromatic N) is 1. The predicted octanol–water partition coefficient (Wildman–Crippen LogP) is 4.16. The topological polar surface area (TPSA) is 72.2 Å². The number of carbonyl (C=O) groups is 1. The first-order valence-corrected chi connectivity index (χ1v) is 7.50. The number of carbonyl (C=O) groups excluding carboxylic acids is 1. The number of hydrogen-bond acceptors (Lipinski definition) is 3. The first-order chi connectivity index (χ1) is 10.4. The van der Waals surface area contributed by atoms with Crippen molar-refractivity contribution in [3.05, 3.63) is 73.7 Å². The summed E-state index contributed by atoms with van der Waals surface area (Å²) in [5, 5.41) is 14.0. The minimum Gasteiger partial charge on any atom is -0.345 e. The SMILES string of the molecule is Cc1cccc(C(=O)NC(C)c2ccccc2Br)c1[N+](=O)[O-]. The van der Waals surface area contributed by atoms with Crippen LogP contribution in [0.5, 0.6) is 0 Å². The van der Waals surface area contributed by atoms with E-state index in [1.807, 2.05) is 31.2 Å². The molecule has 0 saturated heterocycles. The fraction of sp³-hybridized carbons (Fsp3) is 0.188. The molecule has 2 aromatic rings. The summed E-state index contributed by atoms with van der Waals surface area (Å²) in [6.07, 6.45) is 0. The Morgan fingerprint density at radius 3 is 2.55 bits per heavy atom. The molecule has 0 bridgehead atoms. The van der Waals surface area contributed by atoms with E-state index >= 15 is 0 Å². The van der Waals surface area contributed by atoms with Gasteiger partial charge < -0.3 is 5.32 Å². The van der Waals surface area contributed by atoms with Crippen molar-refractivity contribution < 1.29 is 9.72 Å². The van der Waals surface area contributed by atoms with Crippen LogP contribution in [0.4, 0.5) is 5.69 Å². The normalized spacial score (nSPS) is 11.8. The molecule has 1 amide bonds. The van der Waals surface area contributed by atoms with Gasteiger partial charge in [0.1, 0.15) is 5.56 Å². The van der Waals surface area contributed by atoms with E-state index in [4.69, 9.17) is 0 Å². The number of aryl methyl sites for hydroxylation is 1. The van der Waals surface area contributed by atoms with Gasteiger partial charge in [-0.15, -0.1) is 0 Å². The maximum absolute atomic E-state index is 12.4. The zero-order chi connectivity index (χ0) is 16.3. The molecule has 0 aliphatic rings. The van der Waals surface area contributed by atoms with E-state index in [1.54, 1.807) is 19.1 Å². The first-order valence-electron chi connectivity index (χ1n) is 6.71. The van der Waals surface area contributed by atoms with Crippen molar-refractivity contribution in [3.8, 4) is 0 Å². The van der Waals surface area contributed by atoms with Gasteiger partial charge in [-0.05, 0) is 31.5 Å². The highest BCUT2D eigenvalue weighted by Crippen LogP contribution is 2.26. The van der Waals surface area contributed by atoms with Crippen molar-refractivity contribution in [2.24, 2.45) is 0 Å². The van der Waals surface area contributed by atoms with Crippen molar-refractivity contribution in [3.63, 3.8) is 0 Å². The molecule has 0 aromatic heterocycles. The number of halogens is 1. The van der Waals surface area contributed by atoms with Crippen molar-refractivity contribution in [2.45, 2.75) is 19.9 Å². The van der Waals surface area contributed by atoms with Gasteiger partial charge in [-0.2, -0.15) is 0 Å². The maximum atomic E-state index is 12.4. The highest BCUT2D eigenvalue weighted by molar-refractivity contribution is 9.10. The Labute approximate surface area is 136 Å². The van der Waals surface area contributed by atoms with Gasteiger partial charge >= 0.3 is 0 Å². The zero-order valence-corrected chi connectivity index (χ0v) is 13.8. The number of rotatable bonds is 4. The Morgan fingerprint density at radius 1 is 1.23 bits per heavy atom. The zero-order valence-electron chi connectivity index (χ0n) is 12.2. The van der Waals surface area contributed by atoms with Crippen LogP contribution in [0.2, 0.25) is 0 Å². The molecule has 2 aromatic carbocycles. The van der Waals surface area contributed by atoms with E-state index in [9.17, 15) is 14.9 Å². The monoisotopic (exact) mass is 362 g/mol. The van der Waals surface area contributed by atoms with Crippen LogP contribution in [0.1, 0.15) is 34.5 Å². The molecular weight excluding hydrogens is 348 g/mol. The quantitative estimate of drug-likeness (QED) is 0.655. The van der Waals surface area contributed by atoms with Crippen LogP contribution < -0.4 is 5.32 Å². The number of nitrogens with one attached hydrogen (secondary N) is 1. The Kier molecular flexibility index (Phi) is 4.92. The summed E-state index contributed by atoms with van der Waals surface area (Å²) < 4.78 is 0.876. The van der Waals surface area contributed by atoms with E-state index in [0.29, 0.717) is 5.56 Å². The van der Waals surface area contributed by atoms with Gasteiger partial charge in [0, 0.05) is 10.0 Å². The number of nitro benzene ring substituents is 1. The molecule has 1 N–H and O–H groups in total. The molecule has 6 heteroatoms. The third-order valence-corrected chi connectivity index (χ3v) is 4.11. The number of nitro groups is 1. The molecule has 0 aliphatic carbocycles. The maximum Gasteiger partial charge on any atom is 0.285 e. The predicted molar refractivity (Wildman–Crippen MR) is 87.9 cm³/mol. The lowest BCUT2D eigenvalue weighted by atomic mass is 10.1. The third-order valence-electron chi connectivity index (χ3n) is 3.38. The van der Waals surface area contributed by atoms with Crippen molar-refractivity contribution in [2.75, 3.05) is 0 Å². The smallest absolute Gasteiger partial charge is 0.285 e. The lowest BCUT2D eigenvalue weighted by Gasteiger charge is -2.16. The Bertz CT molecular complexity index is 731. The van der Waals surface area contributed by atoms with Crippen LogP contribution in [-0.4, -0.2) is 10.8 Å². The molecule has 5 nitrogen and oxygen atoms in total. The van der Waals surface area contributed by atoms with Crippen LogP contribution in [0.3, 0.4) is 0 Å². The largest absolute Gasteiger partial charge is 0.345 e. The average molecular weight is 363 g/mol. The summed E-state index contributed by atoms with van der Waals surface area (Å²) in [7, 11) is 0. The molecule has 0 heterocycles. The van der Waals surface area contributed by atoms with Gasteiger partial charge in [-0.1, -0.05) is 46.3 Å². The molecule has 0 fully saturated rings. The average Bonchev–Trinajstić information content (AvgIpc) is 2.46. The van der Waals surface area contributed by atoms with E-state index in [-0.39, 0.29) is 17.3 Å². The number of benzene rings is 2. The number of amides is 1. The molecule has 1 unspecified atom stereocenters. The standard InChI is InChI=1S/C16H15BrN2O3/c1-10-6-5-8-13(15(10)19(21)22)16(20)18-11(2)12-7-3-4-9-14(12)17/h3-9,11H,1-2H3,(H,18,20). The van der Waals surface area contributed by atoms with Crippen LogP contribution in [0, 0.1) is 17.0 Å². The molecule has 0 aliphatic heterocycles. The lowest BCUT2D eigenvalue weighted by molar-refractivity contribution is -0.385. The van der Waals surface area contributed by atoms with Gasteiger partial charge in [0.05, 0.1) is 11.0 Å². The fourth-order valence-corrected chi connectivity index (χ4v) is 2.89. The number of para-hydroxylation sites is 1. The van der Waals surface area contributed by atoms with E-state index in [0.717, 1.165) is 10.0 Å². The van der Waals surface area contributed by atoms with Gasteiger partial charge in [-0.3, -0.25) is 14.9 Å². The molecule has 0 radical (unpaired) electrons. The molecular formula is C16H15BrN2O3. The first kappa shape index (κ1) is 16.2. The van der Waals surface area contributed by atoms with Crippen molar-refractivity contribution in [1.29, 1.82) is 0 Å². The molecule has 1 atom stereocenters. The van der Waals surface area contributed by atoms with Crippen LogP contribution >= 0.6 is 15.9 Å². The van der Waals surface area contributed by atoms with Gasteiger partial charge in [-0.25, -0.2) is 0 Å². The van der Waals surface area contributed by atoms with Gasteiger partial charge in [0.25, 0.3) is 11.6 Å². The van der Waals surface area contributed by atoms with Gasteiger partial charge in [0.2, 0.25) is 0 Å². The van der Waals surface area contributed by atoms with E-state index in [2.05, 4.69) is 21.2 Å². The highest BCUT2D eigenvalue weighted by atomic mass is 79.9. The van der Waals surface area contributed by atoms with E-state index in [1.165, 1.54) is 6.07 Å². The van der Waals surface area contributed by atoms with Crippen molar-refractivity contribution >= 4 is 27.5 Å². The van der Waals surface area contributed by atoms with Crippen LogP contribution in [-0.2, 0) is 0 Å². The Hall–Kier alpha value is -2.21. The molecule has 2 rings (SSSR count). The van der Waals surface area contributed by atoms with Gasteiger partial charge in [0.15, 0.2) is 0 Å². The molecule has 0 spiro atoms. The molecule has 0 saturated carbocycles. The minimum atomic E-state index is -0.520. The van der Waals surface area contributed by atoms with Crippen molar-refractivity contribution in [1.82, 2.24) is 5.32 Å². The Morgan fingerprint density at radius 2 is 1.91 bits per heavy atom. The number of hydrogen-bond donors (Lipinski definition) is 1. The summed E-state index contributed by atoms with van der Waals surface area (Å²) in [5.74, 6) is -0.460. The van der Waals surface area contributed by atoms with E-state index < -0.39 is 10.8 Å². The lowest BCUT2D eigenvalue weighted by Crippen LogP contribution is -2.27. The molecule has 114 valence electrons. The van der Waals surface area contributed by atoms with Crippen LogP contribution in [0.15, 0.2) is 46.9 Å². The minimum absolute atomic E-state index is 0.0731. The second-order valence-electron chi connectivity index (χ2n) is 4.94. The third kappa shape index (κ3) is 3.33. The summed E-state index contributed by atoms with van der Waals surface area (Å²) in [5.41, 5.74) is 1.29. The van der Waals surface area contributed by atoms with Crippen LogP contribution in [0.25, 0.3) is 0 Å². The fourth-order valence-electron chi connectivity index (χ4n) is 2.26. The second-order valence-corrected chi connectivity index (χ2v) is 5.80. The Balaban J connectivity index is 2.29. The highest BCUT2D eigenvalue weighted by Gasteiger charge is 2.23. The molecule has 22 heavy (non-hydrogen) atoms. The second kappa shape index (κ2) is 6.70. The summed E-state index contributed by atoms with van der Waals surface area (Å²) in [4.78, 5) is 23.0.